The van der Waals surface area contributed by atoms with Crippen molar-refractivity contribution in [2.75, 3.05) is 5.32 Å². The summed E-state index contributed by atoms with van der Waals surface area (Å²) in [6.07, 6.45) is 0. The molecule has 2 aromatic rings. The number of nitrogens with one attached hydrogen (secondary N) is 1. The van der Waals surface area contributed by atoms with Gasteiger partial charge in [-0.3, -0.25) is 0 Å². The van der Waals surface area contributed by atoms with E-state index in [0.717, 1.165) is 16.8 Å². The average molecular weight is 256 g/mol. The van der Waals surface area contributed by atoms with Gasteiger partial charge in [0.2, 0.25) is 0 Å². The zero-order valence-corrected chi connectivity index (χ0v) is 11.2. The molecule has 1 aromatic carbocycles. The molecule has 0 aliphatic heterocycles. The summed E-state index contributed by atoms with van der Waals surface area (Å²) in [6.45, 7) is 6.08. The highest BCUT2D eigenvalue weighted by molar-refractivity contribution is 5.86. The maximum absolute atomic E-state index is 10.9. The summed E-state index contributed by atoms with van der Waals surface area (Å²) in [5, 5.41) is 12.1. The normalized spacial score (nSPS) is 10.3. The Kier molecular flexibility index (Phi) is 3.51. The molecule has 1 aromatic heterocycles. The first-order valence-electron chi connectivity index (χ1n) is 6.02. The third kappa shape index (κ3) is 2.91. The van der Waals surface area contributed by atoms with Gasteiger partial charge >= 0.3 is 5.97 Å². The van der Waals surface area contributed by atoms with Gasteiger partial charge < -0.3 is 10.4 Å². The lowest BCUT2D eigenvalue weighted by molar-refractivity contribution is 0.0690. The highest BCUT2D eigenvalue weighted by atomic mass is 16.4. The maximum atomic E-state index is 10.9. The number of pyridine rings is 1. The summed E-state index contributed by atoms with van der Waals surface area (Å²) in [5.41, 5.74) is 4.43. The Labute approximate surface area is 112 Å². The molecule has 0 fully saturated rings. The lowest BCUT2D eigenvalue weighted by Crippen LogP contribution is -2.04. The first kappa shape index (κ1) is 13.1. The van der Waals surface area contributed by atoms with E-state index < -0.39 is 5.97 Å². The van der Waals surface area contributed by atoms with Gasteiger partial charge in [0.05, 0.1) is 0 Å². The largest absolute Gasteiger partial charge is 0.477 e. The molecule has 0 aliphatic rings. The Morgan fingerprint density at radius 2 is 1.79 bits per heavy atom. The van der Waals surface area contributed by atoms with E-state index in [4.69, 9.17) is 5.11 Å². The lowest BCUT2D eigenvalue weighted by atomic mass is 10.1. The number of aromatic nitrogens is 1. The fourth-order valence-electron chi connectivity index (χ4n) is 2.13. The van der Waals surface area contributed by atoms with Gasteiger partial charge in [-0.05, 0) is 44.0 Å². The minimum absolute atomic E-state index is 0.0346. The molecule has 0 aliphatic carbocycles. The van der Waals surface area contributed by atoms with E-state index in [-0.39, 0.29) is 5.69 Å². The Balaban J connectivity index is 2.36. The molecule has 0 saturated heterocycles. The topological polar surface area (TPSA) is 62.2 Å². The van der Waals surface area contributed by atoms with E-state index in [1.807, 2.05) is 20.8 Å². The molecule has 2 N–H and O–H groups in total. The monoisotopic (exact) mass is 256 g/mol. The number of nitrogens with zero attached hydrogens (tertiary/aromatic N) is 1. The molecule has 98 valence electrons. The number of rotatable bonds is 3. The summed E-state index contributed by atoms with van der Waals surface area (Å²) in [5.74, 6) is -0.490. The van der Waals surface area contributed by atoms with Crippen LogP contribution >= 0.6 is 0 Å². The first-order chi connectivity index (χ1) is 8.97. The highest BCUT2D eigenvalue weighted by Gasteiger charge is 2.08. The van der Waals surface area contributed by atoms with Crippen molar-refractivity contribution in [3.63, 3.8) is 0 Å². The molecule has 0 saturated carbocycles. The smallest absolute Gasteiger partial charge is 0.354 e. The van der Waals surface area contributed by atoms with E-state index in [1.54, 1.807) is 12.1 Å². The first-order valence-corrected chi connectivity index (χ1v) is 6.02. The molecule has 0 spiro atoms. The van der Waals surface area contributed by atoms with Crippen LogP contribution in [0.1, 0.15) is 27.2 Å². The predicted octanol–water partition coefficient (Wildman–Crippen LogP) is 3.45. The predicted molar refractivity (Wildman–Crippen MR) is 75.1 cm³/mol. The fraction of sp³-hybridized carbons (Fsp3) is 0.200. The number of hydrogen-bond donors (Lipinski definition) is 2. The van der Waals surface area contributed by atoms with Gasteiger partial charge in [-0.25, -0.2) is 9.78 Å². The Morgan fingerprint density at radius 1 is 1.16 bits per heavy atom. The highest BCUT2D eigenvalue weighted by Crippen LogP contribution is 2.25. The summed E-state index contributed by atoms with van der Waals surface area (Å²) in [7, 11) is 0. The summed E-state index contributed by atoms with van der Waals surface area (Å²) < 4.78 is 0. The number of aromatic carboxylic acids is 1. The van der Waals surface area contributed by atoms with Crippen LogP contribution in [0, 0.1) is 20.8 Å². The van der Waals surface area contributed by atoms with Gasteiger partial charge in [0.25, 0.3) is 0 Å². The zero-order chi connectivity index (χ0) is 14.0. The van der Waals surface area contributed by atoms with Crippen LogP contribution in [-0.4, -0.2) is 16.1 Å². The second kappa shape index (κ2) is 5.10. The van der Waals surface area contributed by atoms with Crippen LogP contribution in [0.2, 0.25) is 0 Å². The van der Waals surface area contributed by atoms with Crippen molar-refractivity contribution in [1.82, 2.24) is 4.98 Å². The van der Waals surface area contributed by atoms with Gasteiger partial charge in [-0.2, -0.15) is 0 Å². The van der Waals surface area contributed by atoms with E-state index >= 15 is 0 Å². The van der Waals surface area contributed by atoms with Gasteiger partial charge in [-0.15, -0.1) is 0 Å². The van der Waals surface area contributed by atoms with Gasteiger partial charge in [0.1, 0.15) is 5.82 Å². The van der Waals surface area contributed by atoms with Crippen LogP contribution in [-0.2, 0) is 0 Å². The van der Waals surface area contributed by atoms with Crippen molar-refractivity contribution in [3.8, 4) is 0 Å². The molecule has 4 heteroatoms. The SMILES string of the molecule is Cc1cc(C)c(Nc2cccc(C(=O)O)n2)c(C)c1. The number of benzene rings is 1. The van der Waals surface area contributed by atoms with Crippen molar-refractivity contribution in [3.05, 3.63) is 52.7 Å². The quantitative estimate of drug-likeness (QED) is 0.883. The van der Waals surface area contributed by atoms with Crippen molar-refractivity contribution < 1.29 is 9.90 Å². The summed E-state index contributed by atoms with van der Waals surface area (Å²) in [6, 6.07) is 9.07. The molecule has 4 nitrogen and oxygen atoms in total. The van der Waals surface area contributed by atoms with Crippen LogP contribution in [0.4, 0.5) is 11.5 Å². The fourth-order valence-corrected chi connectivity index (χ4v) is 2.13. The molecular formula is C15H16N2O2. The number of hydrogen-bond acceptors (Lipinski definition) is 3. The molecule has 0 bridgehead atoms. The van der Waals surface area contributed by atoms with Crippen molar-refractivity contribution in [2.45, 2.75) is 20.8 Å². The molecule has 0 atom stereocenters. The molecule has 0 radical (unpaired) electrons. The van der Waals surface area contributed by atoms with Crippen molar-refractivity contribution >= 4 is 17.5 Å². The van der Waals surface area contributed by atoms with Gasteiger partial charge in [0.15, 0.2) is 5.69 Å². The van der Waals surface area contributed by atoms with Crippen molar-refractivity contribution in [1.29, 1.82) is 0 Å². The number of carboxylic acids is 1. The van der Waals surface area contributed by atoms with Crippen LogP contribution in [0.3, 0.4) is 0 Å². The second-order valence-electron chi connectivity index (χ2n) is 4.61. The van der Waals surface area contributed by atoms with Crippen LogP contribution in [0.25, 0.3) is 0 Å². The summed E-state index contributed by atoms with van der Waals surface area (Å²) in [4.78, 5) is 15.0. The van der Waals surface area contributed by atoms with E-state index in [9.17, 15) is 4.79 Å². The van der Waals surface area contributed by atoms with Crippen LogP contribution in [0.5, 0.6) is 0 Å². The minimum Gasteiger partial charge on any atom is -0.477 e. The Bertz CT molecular complexity index is 613. The Morgan fingerprint density at radius 3 is 2.37 bits per heavy atom. The average Bonchev–Trinajstić information content (AvgIpc) is 2.34. The number of aryl methyl sites for hydroxylation is 3. The summed E-state index contributed by atoms with van der Waals surface area (Å²) >= 11 is 0. The van der Waals surface area contributed by atoms with E-state index in [2.05, 4.69) is 22.4 Å². The molecule has 0 unspecified atom stereocenters. The molecule has 0 amide bonds. The number of anilines is 2. The van der Waals surface area contributed by atoms with Crippen LogP contribution in [0.15, 0.2) is 30.3 Å². The standard InChI is InChI=1S/C15H16N2O2/c1-9-7-10(2)14(11(3)8-9)17-13-6-4-5-12(16-13)15(18)19/h4-8H,1-3H3,(H,16,17)(H,18,19). The van der Waals surface area contributed by atoms with E-state index in [1.165, 1.54) is 11.6 Å². The number of carboxylic acid groups (broad SMARTS) is 1. The number of carbonyl (C=O) groups is 1. The minimum atomic E-state index is -1.03. The second-order valence-corrected chi connectivity index (χ2v) is 4.61. The molecular weight excluding hydrogens is 240 g/mol. The molecule has 19 heavy (non-hydrogen) atoms. The zero-order valence-electron chi connectivity index (χ0n) is 11.2. The third-order valence-corrected chi connectivity index (χ3v) is 2.90. The molecule has 1 heterocycles. The molecule has 2 rings (SSSR count). The van der Waals surface area contributed by atoms with Crippen molar-refractivity contribution in [2.24, 2.45) is 0 Å². The third-order valence-electron chi connectivity index (χ3n) is 2.90. The Hall–Kier alpha value is -2.36. The van der Waals surface area contributed by atoms with E-state index in [0.29, 0.717) is 5.82 Å². The maximum Gasteiger partial charge on any atom is 0.354 e. The van der Waals surface area contributed by atoms with Crippen LogP contribution < -0.4 is 5.32 Å². The lowest BCUT2D eigenvalue weighted by Gasteiger charge is -2.13. The van der Waals surface area contributed by atoms with Gasteiger partial charge in [0, 0.05) is 5.69 Å². The van der Waals surface area contributed by atoms with Gasteiger partial charge in [-0.1, -0.05) is 23.8 Å².